The van der Waals surface area contributed by atoms with E-state index in [9.17, 15) is 4.79 Å². The minimum absolute atomic E-state index is 0.0340. The third kappa shape index (κ3) is 3.76. The average Bonchev–Trinajstić information content (AvgIpc) is 3.07. The number of hydrogen-bond donors (Lipinski definition) is 1. The van der Waals surface area contributed by atoms with E-state index < -0.39 is 0 Å². The maximum Gasteiger partial charge on any atom is 0.251 e. The highest BCUT2D eigenvalue weighted by atomic mass is 16.1. The van der Waals surface area contributed by atoms with Gasteiger partial charge in [0.1, 0.15) is 0 Å². The quantitative estimate of drug-likeness (QED) is 0.760. The Morgan fingerprint density at radius 1 is 1.04 bits per heavy atom. The molecule has 2 aromatic heterocycles. The summed E-state index contributed by atoms with van der Waals surface area (Å²) in [7, 11) is 0. The topological polar surface area (TPSA) is 63.1 Å². The molecular weight excluding hydrogens is 350 g/mol. The summed E-state index contributed by atoms with van der Waals surface area (Å²) in [4.78, 5) is 23.5. The fourth-order valence-electron chi connectivity index (χ4n) is 3.84. The lowest BCUT2D eigenvalue weighted by Gasteiger charge is -2.33. The number of aromatic nitrogens is 3. The van der Waals surface area contributed by atoms with Crippen LogP contribution in [0.5, 0.6) is 0 Å². The molecule has 1 unspecified atom stereocenters. The fourth-order valence-corrected chi connectivity index (χ4v) is 3.84. The number of nitrogens with zero attached hydrogens (tertiary/aromatic N) is 4. The molecule has 3 aromatic rings. The monoisotopic (exact) mass is 375 g/mol. The van der Waals surface area contributed by atoms with Gasteiger partial charge in [-0.25, -0.2) is 9.97 Å². The third-order valence-electron chi connectivity index (χ3n) is 5.25. The van der Waals surface area contributed by atoms with Crippen LogP contribution in [-0.2, 0) is 0 Å². The van der Waals surface area contributed by atoms with Gasteiger partial charge in [-0.2, -0.15) is 0 Å². The lowest BCUT2D eigenvalue weighted by molar-refractivity contribution is 0.0933. The lowest BCUT2D eigenvalue weighted by Crippen LogP contribution is -2.48. The summed E-state index contributed by atoms with van der Waals surface area (Å²) >= 11 is 0. The highest BCUT2D eigenvalue weighted by Gasteiger charge is 2.23. The van der Waals surface area contributed by atoms with Crippen LogP contribution in [-0.4, -0.2) is 39.6 Å². The summed E-state index contributed by atoms with van der Waals surface area (Å²) in [6, 6.07) is 13.9. The number of anilines is 1. The molecule has 1 aliphatic rings. The predicted molar refractivity (Wildman–Crippen MR) is 110 cm³/mol. The Bertz CT molecular complexity index is 929. The summed E-state index contributed by atoms with van der Waals surface area (Å²) in [5.74, 6) is 0.691. The molecule has 1 saturated heterocycles. The Hall–Kier alpha value is -3.15. The van der Waals surface area contributed by atoms with Crippen LogP contribution < -0.4 is 10.2 Å². The van der Waals surface area contributed by atoms with Crippen LogP contribution in [0, 0.1) is 13.8 Å². The maximum atomic E-state index is 12.7. The maximum absolute atomic E-state index is 12.7. The second-order valence-electron chi connectivity index (χ2n) is 7.31. The van der Waals surface area contributed by atoms with Crippen molar-refractivity contribution in [2.45, 2.75) is 32.7 Å². The second-order valence-corrected chi connectivity index (χ2v) is 7.31. The Balaban J connectivity index is 1.42. The van der Waals surface area contributed by atoms with Gasteiger partial charge in [0.15, 0.2) is 0 Å². The molecule has 0 radical (unpaired) electrons. The van der Waals surface area contributed by atoms with Gasteiger partial charge in [-0.1, -0.05) is 0 Å². The van der Waals surface area contributed by atoms with E-state index in [1.807, 2.05) is 30.3 Å². The molecule has 3 heterocycles. The zero-order chi connectivity index (χ0) is 19.5. The molecule has 4 rings (SSSR count). The molecule has 0 spiro atoms. The molecule has 144 valence electrons. The molecule has 28 heavy (non-hydrogen) atoms. The Labute approximate surface area is 165 Å². The number of aryl methyl sites for hydroxylation is 2. The molecule has 1 atom stereocenters. The van der Waals surface area contributed by atoms with Gasteiger partial charge in [0.05, 0.1) is 0 Å². The van der Waals surface area contributed by atoms with E-state index in [0.29, 0.717) is 5.56 Å². The van der Waals surface area contributed by atoms with Gasteiger partial charge >= 0.3 is 0 Å². The lowest BCUT2D eigenvalue weighted by atomic mass is 10.1. The molecule has 1 N–H and O–H groups in total. The first-order valence-electron chi connectivity index (χ1n) is 9.70. The van der Waals surface area contributed by atoms with Crippen molar-refractivity contribution in [2.75, 3.05) is 18.0 Å². The molecule has 6 heteroatoms. The Morgan fingerprint density at radius 2 is 1.71 bits per heavy atom. The SMILES string of the molecule is Cc1ccc(C)n1-c1ccc(C(=O)NC2CCCN(c3ncccn3)C2)cc1. The van der Waals surface area contributed by atoms with Crippen molar-refractivity contribution in [1.29, 1.82) is 0 Å². The van der Waals surface area contributed by atoms with Crippen LogP contribution in [0.4, 0.5) is 5.95 Å². The number of hydrogen-bond acceptors (Lipinski definition) is 4. The third-order valence-corrected chi connectivity index (χ3v) is 5.25. The summed E-state index contributed by atoms with van der Waals surface area (Å²) < 4.78 is 2.18. The first-order valence-corrected chi connectivity index (χ1v) is 9.70. The molecular formula is C22H25N5O. The van der Waals surface area contributed by atoms with Crippen LogP contribution in [0.25, 0.3) is 5.69 Å². The Morgan fingerprint density at radius 3 is 2.39 bits per heavy atom. The van der Waals surface area contributed by atoms with E-state index in [-0.39, 0.29) is 11.9 Å². The van der Waals surface area contributed by atoms with Gasteiger partial charge < -0.3 is 14.8 Å². The van der Waals surface area contributed by atoms with Gasteiger partial charge in [-0.15, -0.1) is 0 Å². The fraction of sp³-hybridized carbons (Fsp3) is 0.318. The minimum Gasteiger partial charge on any atom is -0.348 e. The van der Waals surface area contributed by atoms with Crippen LogP contribution in [0.3, 0.4) is 0 Å². The van der Waals surface area contributed by atoms with E-state index in [0.717, 1.165) is 37.6 Å². The Kier molecular flexibility index (Phi) is 5.10. The normalized spacial score (nSPS) is 16.8. The van der Waals surface area contributed by atoms with Gasteiger partial charge in [0.2, 0.25) is 5.95 Å². The molecule has 1 aromatic carbocycles. The average molecular weight is 375 g/mol. The molecule has 1 fully saturated rings. The summed E-state index contributed by atoms with van der Waals surface area (Å²) in [6.07, 6.45) is 5.48. The highest BCUT2D eigenvalue weighted by molar-refractivity contribution is 5.94. The van der Waals surface area contributed by atoms with Crippen LogP contribution in [0.2, 0.25) is 0 Å². The van der Waals surface area contributed by atoms with Crippen LogP contribution in [0.1, 0.15) is 34.6 Å². The number of carbonyl (C=O) groups excluding carboxylic acids is 1. The van der Waals surface area contributed by atoms with E-state index >= 15 is 0 Å². The molecule has 1 aliphatic heterocycles. The summed E-state index contributed by atoms with van der Waals surface area (Å²) in [6.45, 7) is 5.81. The minimum atomic E-state index is -0.0340. The zero-order valence-electron chi connectivity index (χ0n) is 16.3. The van der Waals surface area contributed by atoms with Gasteiger partial charge in [-0.3, -0.25) is 4.79 Å². The molecule has 0 saturated carbocycles. The molecule has 6 nitrogen and oxygen atoms in total. The van der Waals surface area contributed by atoms with Crippen molar-refractivity contribution in [3.8, 4) is 5.69 Å². The molecule has 0 bridgehead atoms. The number of amides is 1. The summed E-state index contributed by atoms with van der Waals surface area (Å²) in [5.41, 5.74) is 4.11. The summed E-state index contributed by atoms with van der Waals surface area (Å²) in [5, 5.41) is 3.17. The largest absolute Gasteiger partial charge is 0.348 e. The number of nitrogens with one attached hydrogen (secondary N) is 1. The van der Waals surface area contributed by atoms with Crippen molar-refractivity contribution in [3.63, 3.8) is 0 Å². The van der Waals surface area contributed by atoms with Crippen LogP contribution >= 0.6 is 0 Å². The number of piperidine rings is 1. The number of carbonyl (C=O) groups is 1. The van der Waals surface area contributed by atoms with E-state index in [2.05, 4.69) is 50.7 Å². The van der Waals surface area contributed by atoms with Gasteiger partial charge in [0.25, 0.3) is 5.91 Å². The first kappa shape index (κ1) is 18.2. The van der Waals surface area contributed by atoms with Crippen LogP contribution in [0.15, 0.2) is 54.9 Å². The van der Waals surface area contributed by atoms with E-state index in [1.54, 1.807) is 12.4 Å². The second kappa shape index (κ2) is 7.84. The number of rotatable bonds is 4. The standard InChI is InChI=1S/C22H25N5O/c1-16-6-7-17(2)27(16)20-10-8-18(9-11-20)21(28)25-19-5-3-14-26(15-19)22-23-12-4-13-24-22/h4,6-13,19H,3,5,14-15H2,1-2H3,(H,25,28). The molecule has 0 aliphatic carbocycles. The van der Waals surface area contributed by atoms with Crippen molar-refractivity contribution < 1.29 is 4.79 Å². The smallest absolute Gasteiger partial charge is 0.251 e. The highest BCUT2D eigenvalue weighted by Crippen LogP contribution is 2.18. The predicted octanol–water partition coefficient (Wildman–Crippen LogP) is 3.28. The van der Waals surface area contributed by atoms with Crippen molar-refractivity contribution >= 4 is 11.9 Å². The number of benzene rings is 1. The van der Waals surface area contributed by atoms with E-state index in [4.69, 9.17) is 0 Å². The van der Waals surface area contributed by atoms with Crippen molar-refractivity contribution in [2.24, 2.45) is 0 Å². The van der Waals surface area contributed by atoms with Gasteiger partial charge in [0, 0.05) is 54.2 Å². The van der Waals surface area contributed by atoms with Gasteiger partial charge in [-0.05, 0) is 69.2 Å². The molecule has 1 amide bonds. The van der Waals surface area contributed by atoms with Crippen molar-refractivity contribution in [1.82, 2.24) is 19.9 Å². The zero-order valence-corrected chi connectivity index (χ0v) is 16.3. The first-order chi connectivity index (χ1) is 13.6. The van der Waals surface area contributed by atoms with E-state index in [1.165, 1.54) is 11.4 Å². The van der Waals surface area contributed by atoms with Crippen molar-refractivity contribution in [3.05, 3.63) is 71.8 Å².